The van der Waals surface area contributed by atoms with Crippen molar-refractivity contribution in [1.82, 2.24) is 4.90 Å². The fourth-order valence-corrected chi connectivity index (χ4v) is 2.68. The Hall–Kier alpha value is -1.71. The highest BCUT2D eigenvalue weighted by molar-refractivity contribution is 5.68. The number of amides is 1. The van der Waals surface area contributed by atoms with Crippen molar-refractivity contribution < 1.29 is 9.53 Å². The number of hydrogen-bond donors (Lipinski definition) is 1. The van der Waals surface area contributed by atoms with Crippen LogP contribution in [0.1, 0.15) is 39.2 Å². The highest BCUT2D eigenvalue weighted by atomic mass is 16.6. The van der Waals surface area contributed by atoms with Crippen molar-refractivity contribution in [2.75, 3.05) is 18.8 Å². The van der Waals surface area contributed by atoms with E-state index >= 15 is 0 Å². The van der Waals surface area contributed by atoms with E-state index < -0.39 is 5.60 Å². The molecule has 0 radical (unpaired) electrons. The first-order chi connectivity index (χ1) is 9.85. The third kappa shape index (κ3) is 4.66. The highest BCUT2D eigenvalue weighted by Crippen LogP contribution is 2.25. The Bertz CT molecular complexity index is 486. The number of carbonyl (C=O) groups excluding carboxylic acids is 1. The predicted molar refractivity (Wildman–Crippen MR) is 85.1 cm³/mol. The van der Waals surface area contributed by atoms with Gasteiger partial charge in [-0.25, -0.2) is 4.79 Å². The quantitative estimate of drug-likeness (QED) is 0.849. The van der Waals surface area contributed by atoms with Crippen molar-refractivity contribution in [2.24, 2.45) is 5.92 Å². The van der Waals surface area contributed by atoms with E-state index in [1.807, 2.05) is 43.9 Å². The second-order valence-electron chi connectivity index (χ2n) is 6.81. The fraction of sp³-hybridized carbons (Fsp3) is 0.588. The number of para-hydroxylation sites is 1. The van der Waals surface area contributed by atoms with E-state index in [4.69, 9.17) is 10.5 Å². The molecule has 1 saturated heterocycles. The molecular weight excluding hydrogens is 264 g/mol. The number of nitrogens with two attached hydrogens (primary N) is 1. The first-order valence-corrected chi connectivity index (χ1v) is 7.66. The van der Waals surface area contributed by atoms with Gasteiger partial charge in [0.2, 0.25) is 0 Å². The van der Waals surface area contributed by atoms with E-state index in [1.54, 1.807) is 0 Å². The van der Waals surface area contributed by atoms with Crippen molar-refractivity contribution >= 4 is 11.8 Å². The standard InChI is InChI=1S/C17H26N2O2/c1-17(2,3)21-16(20)19-10-8-13(9-11-19)12-14-6-4-5-7-15(14)18/h4-7,13H,8-12,18H2,1-3H3. The van der Waals surface area contributed by atoms with Crippen LogP contribution in [-0.4, -0.2) is 29.7 Å². The minimum atomic E-state index is -0.424. The lowest BCUT2D eigenvalue weighted by molar-refractivity contribution is 0.0184. The molecule has 0 aliphatic carbocycles. The SMILES string of the molecule is CC(C)(C)OC(=O)N1CCC(Cc2ccccc2N)CC1. The van der Waals surface area contributed by atoms with Crippen LogP contribution >= 0.6 is 0 Å². The topological polar surface area (TPSA) is 55.6 Å². The van der Waals surface area contributed by atoms with Crippen molar-refractivity contribution in [3.63, 3.8) is 0 Å². The Labute approximate surface area is 127 Å². The molecule has 116 valence electrons. The largest absolute Gasteiger partial charge is 0.444 e. The number of nitrogens with zero attached hydrogens (tertiary/aromatic N) is 1. The zero-order valence-electron chi connectivity index (χ0n) is 13.3. The molecule has 1 heterocycles. The summed E-state index contributed by atoms with van der Waals surface area (Å²) in [6, 6.07) is 8.03. The summed E-state index contributed by atoms with van der Waals surface area (Å²) >= 11 is 0. The first-order valence-electron chi connectivity index (χ1n) is 7.66. The Balaban J connectivity index is 1.83. The molecule has 0 unspecified atom stereocenters. The van der Waals surface area contributed by atoms with Crippen LogP contribution < -0.4 is 5.73 Å². The van der Waals surface area contributed by atoms with E-state index in [2.05, 4.69) is 6.07 Å². The Morgan fingerprint density at radius 2 is 1.90 bits per heavy atom. The van der Waals surface area contributed by atoms with Crippen LogP contribution in [0.5, 0.6) is 0 Å². The van der Waals surface area contributed by atoms with Gasteiger partial charge < -0.3 is 15.4 Å². The third-order valence-electron chi connectivity index (χ3n) is 3.83. The average Bonchev–Trinajstić information content (AvgIpc) is 2.40. The molecular formula is C17H26N2O2. The summed E-state index contributed by atoms with van der Waals surface area (Å²) in [5, 5.41) is 0. The van der Waals surface area contributed by atoms with Gasteiger partial charge in [0.15, 0.2) is 0 Å². The zero-order chi connectivity index (χ0) is 15.5. The Morgan fingerprint density at radius 1 is 1.29 bits per heavy atom. The van der Waals surface area contributed by atoms with Gasteiger partial charge in [-0.2, -0.15) is 0 Å². The van der Waals surface area contributed by atoms with Gasteiger partial charge in [0.05, 0.1) is 0 Å². The maximum atomic E-state index is 12.0. The maximum absolute atomic E-state index is 12.0. The summed E-state index contributed by atoms with van der Waals surface area (Å²) < 4.78 is 5.42. The number of likely N-dealkylation sites (tertiary alicyclic amines) is 1. The minimum Gasteiger partial charge on any atom is -0.444 e. The van der Waals surface area contributed by atoms with Gasteiger partial charge in [0, 0.05) is 18.8 Å². The molecule has 2 N–H and O–H groups in total. The van der Waals surface area contributed by atoms with Gasteiger partial charge in [-0.05, 0) is 57.6 Å². The number of hydrogen-bond acceptors (Lipinski definition) is 3. The van der Waals surface area contributed by atoms with E-state index in [-0.39, 0.29) is 6.09 Å². The summed E-state index contributed by atoms with van der Waals surface area (Å²) in [6.07, 6.45) is 2.82. The van der Waals surface area contributed by atoms with Gasteiger partial charge in [0.25, 0.3) is 0 Å². The third-order valence-corrected chi connectivity index (χ3v) is 3.83. The molecule has 4 heteroatoms. The summed E-state index contributed by atoms with van der Waals surface area (Å²) in [6.45, 7) is 7.24. The number of anilines is 1. The lowest BCUT2D eigenvalue weighted by Gasteiger charge is -2.33. The van der Waals surface area contributed by atoms with E-state index in [1.165, 1.54) is 5.56 Å². The zero-order valence-corrected chi connectivity index (χ0v) is 13.3. The van der Waals surface area contributed by atoms with Crippen LogP contribution in [0, 0.1) is 5.92 Å². The molecule has 0 bridgehead atoms. The number of benzene rings is 1. The van der Waals surface area contributed by atoms with Crippen molar-refractivity contribution in [1.29, 1.82) is 0 Å². The summed E-state index contributed by atoms with van der Waals surface area (Å²) in [4.78, 5) is 13.8. The highest BCUT2D eigenvalue weighted by Gasteiger charge is 2.27. The van der Waals surface area contributed by atoms with Crippen molar-refractivity contribution in [3.05, 3.63) is 29.8 Å². The van der Waals surface area contributed by atoms with E-state index in [0.29, 0.717) is 5.92 Å². The number of nitrogen functional groups attached to an aromatic ring is 1. The van der Waals surface area contributed by atoms with Crippen LogP contribution in [0.3, 0.4) is 0 Å². The van der Waals surface area contributed by atoms with Crippen LogP contribution in [0.4, 0.5) is 10.5 Å². The molecule has 0 saturated carbocycles. The number of piperidine rings is 1. The Morgan fingerprint density at radius 3 is 2.48 bits per heavy atom. The average molecular weight is 290 g/mol. The van der Waals surface area contributed by atoms with Crippen LogP contribution in [0.2, 0.25) is 0 Å². The molecule has 1 aliphatic rings. The van der Waals surface area contributed by atoms with Gasteiger partial charge >= 0.3 is 6.09 Å². The van der Waals surface area contributed by atoms with Gasteiger partial charge in [-0.15, -0.1) is 0 Å². The van der Waals surface area contributed by atoms with E-state index in [0.717, 1.165) is 38.0 Å². The van der Waals surface area contributed by atoms with Crippen molar-refractivity contribution in [3.8, 4) is 0 Å². The molecule has 0 spiro atoms. The monoisotopic (exact) mass is 290 g/mol. The molecule has 1 aliphatic heterocycles. The predicted octanol–water partition coefficient (Wildman–Crippen LogP) is 3.46. The van der Waals surface area contributed by atoms with Gasteiger partial charge in [-0.3, -0.25) is 0 Å². The van der Waals surface area contributed by atoms with Crippen LogP contribution in [0.15, 0.2) is 24.3 Å². The van der Waals surface area contributed by atoms with Gasteiger partial charge in [-0.1, -0.05) is 18.2 Å². The molecule has 2 rings (SSSR count). The molecule has 1 fully saturated rings. The summed E-state index contributed by atoms with van der Waals surface area (Å²) in [5.74, 6) is 0.591. The molecule has 1 aromatic rings. The van der Waals surface area contributed by atoms with Crippen LogP contribution in [-0.2, 0) is 11.2 Å². The van der Waals surface area contributed by atoms with Crippen molar-refractivity contribution in [2.45, 2.75) is 45.6 Å². The lowest BCUT2D eigenvalue weighted by atomic mass is 9.90. The Kier molecular flexibility index (Phi) is 4.76. The molecule has 1 aromatic carbocycles. The van der Waals surface area contributed by atoms with Gasteiger partial charge in [0.1, 0.15) is 5.60 Å². The first kappa shape index (κ1) is 15.7. The number of carbonyl (C=O) groups is 1. The second-order valence-corrected chi connectivity index (χ2v) is 6.81. The molecule has 0 atom stereocenters. The van der Waals surface area contributed by atoms with E-state index in [9.17, 15) is 4.79 Å². The molecule has 0 aromatic heterocycles. The maximum Gasteiger partial charge on any atom is 0.410 e. The lowest BCUT2D eigenvalue weighted by Crippen LogP contribution is -2.42. The smallest absolute Gasteiger partial charge is 0.410 e. The second kappa shape index (κ2) is 6.37. The fourth-order valence-electron chi connectivity index (χ4n) is 2.68. The number of rotatable bonds is 2. The minimum absolute atomic E-state index is 0.194. The summed E-state index contributed by atoms with van der Waals surface area (Å²) in [5.41, 5.74) is 7.66. The normalized spacial score (nSPS) is 16.8. The molecule has 21 heavy (non-hydrogen) atoms. The molecule has 4 nitrogen and oxygen atoms in total. The van der Waals surface area contributed by atoms with Crippen LogP contribution in [0.25, 0.3) is 0 Å². The molecule has 1 amide bonds. The number of ether oxygens (including phenoxy) is 1. The summed E-state index contributed by atoms with van der Waals surface area (Å²) in [7, 11) is 0.